The predicted molar refractivity (Wildman–Crippen MR) is 56.3 cm³/mol. The molecule has 1 saturated heterocycles. The van der Waals surface area contributed by atoms with Crippen LogP contribution in [0.15, 0.2) is 23.0 Å². The Morgan fingerprint density at radius 1 is 1.64 bits per heavy atom. The summed E-state index contributed by atoms with van der Waals surface area (Å²) in [6.07, 6.45) is 4.90. The molecule has 0 aromatic carbocycles. The Labute approximate surface area is 91.2 Å². The SMILES string of the molecule is O=C1CC(Br)CN1CCc1ccoc1. The number of rotatable bonds is 3. The summed E-state index contributed by atoms with van der Waals surface area (Å²) in [6, 6.07) is 1.94. The fraction of sp³-hybridized carbons (Fsp3) is 0.500. The van der Waals surface area contributed by atoms with Gasteiger partial charge >= 0.3 is 0 Å². The Morgan fingerprint density at radius 2 is 2.50 bits per heavy atom. The molecule has 1 aromatic rings. The van der Waals surface area contributed by atoms with Gasteiger partial charge in [0.05, 0.1) is 12.5 Å². The van der Waals surface area contributed by atoms with Gasteiger partial charge in [0.25, 0.3) is 0 Å². The number of likely N-dealkylation sites (tertiary alicyclic amines) is 1. The van der Waals surface area contributed by atoms with E-state index in [4.69, 9.17) is 4.42 Å². The van der Waals surface area contributed by atoms with Crippen LogP contribution in [0.1, 0.15) is 12.0 Å². The van der Waals surface area contributed by atoms with Crippen molar-refractivity contribution < 1.29 is 9.21 Å². The number of hydrogen-bond donors (Lipinski definition) is 0. The summed E-state index contributed by atoms with van der Waals surface area (Å²) < 4.78 is 4.96. The van der Waals surface area contributed by atoms with E-state index in [1.54, 1.807) is 12.5 Å². The first kappa shape index (κ1) is 9.77. The van der Waals surface area contributed by atoms with E-state index in [0.717, 1.165) is 25.1 Å². The first-order chi connectivity index (χ1) is 6.75. The van der Waals surface area contributed by atoms with Gasteiger partial charge in [0.1, 0.15) is 0 Å². The number of carbonyl (C=O) groups is 1. The largest absolute Gasteiger partial charge is 0.472 e. The minimum atomic E-state index is 0.246. The maximum absolute atomic E-state index is 11.4. The molecule has 1 unspecified atom stereocenters. The Morgan fingerprint density at radius 3 is 3.07 bits per heavy atom. The average Bonchev–Trinajstić information content (AvgIpc) is 2.72. The molecule has 0 N–H and O–H groups in total. The van der Waals surface area contributed by atoms with Crippen LogP contribution < -0.4 is 0 Å². The molecule has 1 atom stereocenters. The zero-order chi connectivity index (χ0) is 9.97. The maximum atomic E-state index is 11.4. The lowest BCUT2D eigenvalue weighted by Gasteiger charge is -2.14. The van der Waals surface area contributed by atoms with Gasteiger partial charge in [-0.3, -0.25) is 4.79 Å². The van der Waals surface area contributed by atoms with Crippen molar-refractivity contribution in [3.05, 3.63) is 24.2 Å². The van der Waals surface area contributed by atoms with Crippen molar-refractivity contribution in [2.75, 3.05) is 13.1 Å². The van der Waals surface area contributed by atoms with Crippen molar-refractivity contribution in [2.45, 2.75) is 17.7 Å². The zero-order valence-electron chi connectivity index (χ0n) is 7.78. The molecular weight excluding hydrogens is 246 g/mol. The summed E-state index contributed by atoms with van der Waals surface area (Å²) in [5, 5.41) is 0. The van der Waals surface area contributed by atoms with Crippen LogP contribution >= 0.6 is 15.9 Å². The molecule has 1 aromatic heterocycles. The van der Waals surface area contributed by atoms with Crippen molar-refractivity contribution in [3.63, 3.8) is 0 Å². The standard InChI is InChI=1S/C10H12BrNO2/c11-9-5-10(13)12(6-9)3-1-8-2-4-14-7-8/h2,4,7,9H,1,3,5-6H2. The third kappa shape index (κ3) is 2.18. The van der Waals surface area contributed by atoms with Gasteiger partial charge in [-0.1, -0.05) is 15.9 Å². The normalized spacial score (nSPS) is 21.9. The van der Waals surface area contributed by atoms with Gasteiger partial charge in [-0.2, -0.15) is 0 Å². The van der Waals surface area contributed by atoms with Crippen molar-refractivity contribution in [2.24, 2.45) is 0 Å². The first-order valence-corrected chi connectivity index (χ1v) is 5.60. The molecule has 0 bridgehead atoms. The maximum Gasteiger partial charge on any atom is 0.223 e. The second kappa shape index (κ2) is 4.17. The van der Waals surface area contributed by atoms with E-state index in [9.17, 15) is 4.79 Å². The molecule has 76 valence electrons. The molecule has 1 aliphatic rings. The number of amides is 1. The molecule has 4 heteroatoms. The fourth-order valence-corrected chi connectivity index (χ4v) is 2.27. The summed E-state index contributed by atoms with van der Waals surface area (Å²) in [4.78, 5) is 13.6. The number of nitrogens with zero attached hydrogens (tertiary/aromatic N) is 1. The van der Waals surface area contributed by atoms with E-state index in [1.807, 2.05) is 11.0 Å². The highest BCUT2D eigenvalue weighted by Crippen LogP contribution is 2.18. The highest BCUT2D eigenvalue weighted by Gasteiger charge is 2.26. The molecule has 2 heterocycles. The molecule has 14 heavy (non-hydrogen) atoms. The average molecular weight is 258 g/mol. The minimum Gasteiger partial charge on any atom is -0.472 e. The van der Waals surface area contributed by atoms with Crippen LogP contribution in [0.2, 0.25) is 0 Å². The van der Waals surface area contributed by atoms with Gasteiger partial charge in [0.15, 0.2) is 0 Å². The van der Waals surface area contributed by atoms with Crippen LogP contribution in [0.3, 0.4) is 0 Å². The van der Waals surface area contributed by atoms with E-state index in [1.165, 1.54) is 0 Å². The van der Waals surface area contributed by atoms with E-state index in [-0.39, 0.29) is 5.91 Å². The third-order valence-corrected chi connectivity index (χ3v) is 3.03. The van der Waals surface area contributed by atoms with Crippen molar-refractivity contribution in [1.82, 2.24) is 4.90 Å². The van der Waals surface area contributed by atoms with E-state index >= 15 is 0 Å². The lowest BCUT2D eigenvalue weighted by Crippen LogP contribution is -2.27. The minimum absolute atomic E-state index is 0.246. The van der Waals surface area contributed by atoms with E-state index < -0.39 is 0 Å². The molecule has 0 spiro atoms. The van der Waals surface area contributed by atoms with Crippen LogP contribution in [0.5, 0.6) is 0 Å². The van der Waals surface area contributed by atoms with Crippen molar-refractivity contribution in [1.29, 1.82) is 0 Å². The van der Waals surface area contributed by atoms with E-state index in [0.29, 0.717) is 11.2 Å². The molecular formula is C10H12BrNO2. The van der Waals surface area contributed by atoms with Crippen LogP contribution in [0, 0.1) is 0 Å². The van der Waals surface area contributed by atoms with Gasteiger partial charge in [-0.25, -0.2) is 0 Å². The number of halogens is 1. The summed E-state index contributed by atoms with van der Waals surface area (Å²) >= 11 is 3.46. The second-order valence-corrected chi connectivity index (χ2v) is 4.82. The number of carbonyl (C=O) groups excluding carboxylic acids is 1. The van der Waals surface area contributed by atoms with Gasteiger partial charge in [0.2, 0.25) is 5.91 Å². The van der Waals surface area contributed by atoms with Crippen LogP contribution in [-0.2, 0) is 11.2 Å². The second-order valence-electron chi connectivity index (χ2n) is 3.52. The molecule has 0 aliphatic carbocycles. The Balaban J connectivity index is 1.84. The number of hydrogen-bond acceptors (Lipinski definition) is 2. The lowest BCUT2D eigenvalue weighted by atomic mass is 10.2. The van der Waals surface area contributed by atoms with Crippen molar-refractivity contribution in [3.8, 4) is 0 Å². The number of furan rings is 1. The monoisotopic (exact) mass is 257 g/mol. The van der Waals surface area contributed by atoms with Gasteiger partial charge in [-0.05, 0) is 18.1 Å². The Bertz CT molecular complexity index is 310. The molecule has 1 aliphatic heterocycles. The topological polar surface area (TPSA) is 33.5 Å². The Kier molecular flexibility index (Phi) is 2.91. The molecule has 1 fully saturated rings. The first-order valence-electron chi connectivity index (χ1n) is 4.68. The lowest BCUT2D eigenvalue weighted by molar-refractivity contribution is -0.127. The smallest absolute Gasteiger partial charge is 0.223 e. The van der Waals surface area contributed by atoms with Gasteiger partial charge in [0, 0.05) is 24.3 Å². The number of alkyl halides is 1. The zero-order valence-corrected chi connectivity index (χ0v) is 9.37. The summed E-state index contributed by atoms with van der Waals surface area (Å²) in [5.74, 6) is 0.246. The van der Waals surface area contributed by atoms with Gasteiger partial charge < -0.3 is 9.32 Å². The van der Waals surface area contributed by atoms with Gasteiger partial charge in [-0.15, -0.1) is 0 Å². The highest BCUT2D eigenvalue weighted by atomic mass is 79.9. The third-order valence-electron chi connectivity index (χ3n) is 2.42. The Hall–Kier alpha value is -0.770. The molecule has 0 radical (unpaired) electrons. The quantitative estimate of drug-likeness (QED) is 0.775. The predicted octanol–water partition coefficient (Wildman–Crippen LogP) is 1.82. The summed E-state index contributed by atoms with van der Waals surface area (Å²) in [5.41, 5.74) is 1.15. The molecule has 0 saturated carbocycles. The molecule has 3 nitrogen and oxygen atoms in total. The summed E-state index contributed by atoms with van der Waals surface area (Å²) in [7, 11) is 0. The fourth-order valence-electron chi connectivity index (χ4n) is 1.64. The molecule has 2 rings (SSSR count). The van der Waals surface area contributed by atoms with Crippen molar-refractivity contribution >= 4 is 21.8 Å². The highest BCUT2D eigenvalue weighted by molar-refractivity contribution is 9.09. The van der Waals surface area contributed by atoms with Crippen LogP contribution in [0.4, 0.5) is 0 Å². The summed E-state index contributed by atoms with van der Waals surface area (Å²) in [6.45, 7) is 1.62. The van der Waals surface area contributed by atoms with E-state index in [2.05, 4.69) is 15.9 Å². The molecule has 1 amide bonds. The van der Waals surface area contributed by atoms with Crippen LogP contribution in [-0.4, -0.2) is 28.7 Å². The van der Waals surface area contributed by atoms with Crippen LogP contribution in [0.25, 0.3) is 0 Å².